The lowest BCUT2D eigenvalue weighted by molar-refractivity contribution is 0.619. The number of nitrogens with zero attached hydrogens (tertiary/aromatic N) is 5. The summed E-state index contributed by atoms with van der Waals surface area (Å²) in [5, 5.41) is 3.31. The lowest BCUT2D eigenvalue weighted by atomic mass is 9.97. The largest absolute Gasteiger partial charge is 0.436 e. The maximum Gasteiger partial charge on any atom is 0.227 e. The first kappa shape index (κ1) is 28.9. The van der Waals surface area contributed by atoms with Crippen LogP contribution in [0.15, 0.2) is 185 Å². The standard InChI is InChI=1S/C48H29N5O2/c1-3-9-45-41(7-1)51-47(54-45)30-13-18-36(19-14-30)53(37-20-15-31(16-21-37)48-52-42-8-2-4-10-46(42)55-48)38-22-17-32-26-34(12-11-33(32)27-38)39-23-25-50-44-28-35-6-5-24-49-43(35)29-40(39)44/h1-29H/i11D,17D. The molecule has 11 aromatic rings. The summed E-state index contributed by atoms with van der Waals surface area (Å²) >= 11 is 0. The molecule has 0 N–H and O–H groups in total. The number of fused-ring (bicyclic) bond motifs is 5. The Morgan fingerprint density at radius 2 is 1.05 bits per heavy atom. The summed E-state index contributed by atoms with van der Waals surface area (Å²) in [6, 6.07) is 49.8. The van der Waals surface area contributed by atoms with Crippen LogP contribution in [0.3, 0.4) is 0 Å². The molecule has 7 aromatic carbocycles. The molecule has 0 fully saturated rings. The van der Waals surface area contributed by atoms with Crippen LogP contribution in [0.1, 0.15) is 2.74 Å². The summed E-state index contributed by atoms with van der Waals surface area (Å²) in [5.41, 5.74) is 10.7. The van der Waals surface area contributed by atoms with Gasteiger partial charge in [0.2, 0.25) is 11.8 Å². The molecule has 7 heteroatoms. The van der Waals surface area contributed by atoms with Crippen LogP contribution >= 0.6 is 0 Å². The number of rotatable bonds is 6. The molecule has 0 amide bonds. The highest BCUT2D eigenvalue weighted by Crippen LogP contribution is 2.39. The van der Waals surface area contributed by atoms with Crippen molar-refractivity contribution in [1.82, 2.24) is 19.9 Å². The highest BCUT2D eigenvalue weighted by Gasteiger charge is 2.17. The van der Waals surface area contributed by atoms with E-state index < -0.39 is 0 Å². The van der Waals surface area contributed by atoms with Crippen molar-refractivity contribution in [1.29, 1.82) is 0 Å². The Morgan fingerprint density at radius 1 is 0.436 bits per heavy atom. The zero-order valence-electron chi connectivity index (χ0n) is 31.1. The molecule has 55 heavy (non-hydrogen) atoms. The van der Waals surface area contributed by atoms with Crippen molar-refractivity contribution in [2.75, 3.05) is 4.90 Å². The average molecular weight is 710 g/mol. The van der Waals surface area contributed by atoms with Crippen molar-refractivity contribution >= 4 is 71.8 Å². The summed E-state index contributed by atoms with van der Waals surface area (Å²) in [6.07, 6.45) is 3.58. The van der Waals surface area contributed by atoms with Crippen LogP contribution in [0.2, 0.25) is 0 Å². The molecule has 4 heterocycles. The van der Waals surface area contributed by atoms with Crippen LogP contribution in [-0.2, 0) is 0 Å². The lowest BCUT2D eigenvalue weighted by Gasteiger charge is -2.26. The number of hydrogen-bond acceptors (Lipinski definition) is 7. The Kier molecular flexibility index (Phi) is 6.56. The third kappa shape index (κ3) is 5.45. The molecule has 0 bridgehead atoms. The second kappa shape index (κ2) is 12.5. The van der Waals surface area contributed by atoms with E-state index in [9.17, 15) is 2.74 Å². The zero-order chi connectivity index (χ0) is 38.0. The van der Waals surface area contributed by atoms with Gasteiger partial charge in [-0.2, -0.15) is 0 Å². The summed E-state index contributed by atoms with van der Waals surface area (Å²) in [4.78, 5) is 20.7. The van der Waals surface area contributed by atoms with Crippen LogP contribution < -0.4 is 4.90 Å². The van der Waals surface area contributed by atoms with Gasteiger partial charge in [0.1, 0.15) is 11.0 Å². The minimum Gasteiger partial charge on any atom is -0.436 e. The fourth-order valence-corrected chi connectivity index (χ4v) is 7.28. The van der Waals surface area contributed by atoms with Crippen LogP contribution in [0.25, 0.3) is 88.8 Å². The number of aromatic nitrogens is 4. The van der Waals surface area contributed by atoms with Gasteiger partial charge in [-0.25, -0.2) is 9.97 Å². The fourth-order valence-electron chi connectivity index (χ4n) is 7.28. The van der Waals surface area contributed by atoms with Crippen molar-refractivity contribution < 1.29 is 11.6 Å². The first-order valence-electron chi connectivity index (χ1n) is 18.9. The number of oxazole rings is 2. The van der Waals surface area contributed by atoms with Gasteiger partial charge in [0, 0.05) is 51.4 Å². The van der Waals surface area contributed by atoms with E-state index in [1.807, 2.05) is 146 Å². The Balaban J connectivity index is 1.02. The van der Waals surface area contributed by atoms with Gasteiger partial charge in [-0.1, -0.05) is 48.5 Å². The average Bonchev–Trinajstić information content (AvgIpc) is 3.89. The quantitative estimate of drug-likeness (QED) is 0.159. The monoisotopic (exact) mass is 709 g/mol. The Labute approximate surface area is 317 Å². The van der Waals surface area contributed by atoms with Gasteiger partial charge in [-0.3, -0.25) is 9.97 Å². The minimum absolute atomic E-state index is 0.305. The molecule has 0 radical (unpaired) electrons. The smallest absolute Gasteiger partial charge is 0.227 e. The molecular weight excluding hydrogens is 679 g/mol. The van der Waals surface area contributed by atoms with Crippen molar-refractivity contribution in [2.45, 2.75) is 0 Å². The normalized spacial score (nSPS) is 12.1. The van der Waals surface area contributed by atoms with E-state index in [1.165, 1.54) is 0 Å². The van der Waals surface area contributed by atoms with E-state index in [1.54, 1.807) is 12.4 Å². The first-order valence-corrected chi connectivity index (χ1v) is 17.9. The summed E-state index contributed by atoms with van der Waals surface area (Å²) in [5.74, 6) is 1.08. The maximum absolute atomic E-state index is 9.37. The number of benzene rings is 7. The number of anilines is 3. The van der Waals surface area contributed by atoms with Gasteiger partial charge in [-0.05, 0) is 137 Å². The first-order chi connectivity index (χ1) is 28.0. The molecule has 0 spiro atoms. The van der Waals surface area contributed by atoms with Gasteiger partial charge < -0.3 is 13.7 Å². The van der Waals surface area contributed by atoms with E-state index >= 15 is 0 Å². The molecule has 0 saturated heterocycles. The molecule has 0 saturated carbocycles. The molecular formula is C48H29N5O2. The summed E-state index contributed by atoms with van der Waals surface area (Å²) in [7, 11) is 0. The number of pyridine rings is 2. The zero-order valence-corrected chi connectivity index (χ0v) is 29.1. The molecule has 258 valence electrons. The van der Waals surface area contributed by atoms with Crippen LogP contribution in [0, 0.1) is 0 Å². The van der Waals surface area contributed by atoms with E-state index in [0.717, 1.165) is 83.3 Å². The topological polar surface area (TPSA) is 81.1 Å². The summed E-state index contributed by atoms with van der Waals surface area (Å²) in [6.45, 7) is 0. The molecule has 4 aromatic heterocycles. The summed E-state index contributed by atoms with van der Waals surface area (Å²) < 4.78 is 30.8. The number of hydrogen-bond donors (Lipinski definition) is 0. The minimum atomic E-state index is 0.305. The molecule has 11 rings (SSSR count). The SMILES string of the molecule is [2H]c1cc(N(c2ccc(-c3nc4ccccc4o3)cc2)c2ccc(-c3nc4ccccc4o3)cc2)cc2c([2H])cc(-c3ccnc4cc5cccnc5cc34)cc12. The second-order valence-electron chi connectivity index (χ2n) is 13.4. The Hall–Kier alpha value is -7.64. The Bertz CT molecular complexity index is 3160. The predicted octanol–water partition coefficient (Wildman–Crippen LogP) is 12.7. The van der Waals surface area contributed by atoms with Crippen molar-refractivity contribution in [2.24, 2.45) is 0 Å². The molecule has 7 nitrogen and oxygen atoms in total. The van der Waals surface area contributed by atoms with Gasteiger partial charge >= 0.3 is 0 Å². The third-order valence-electron chi connectivity index (χ3n) is 10.0. The van der Waals surface area contributed by atoms with Gasteiger partial charge in [-0.15, -0.1) is 0 Å². The molecule has 0 atom stereocenters. The van der Waals surface area contributed by atoms with Crippen molar-refractivity contribution in [3.63, 3.8) is 0 Å². The highest BCUT2D eigenvalue weighted by molar-refractivity contribution is 6.03. The van der Waals surface area contributed by atoms with Gasteiger partial charge in [0.05, 0.1) is 13.8 Å². The highest BCUT2D eigenvalue weighted by atomic mass is 16.4. The lowest BCUT2D eigenvalue weighted by Crippen LogP contribution is -2.09. The second-order valence-corrected chi connectivity index (χ2v) is 13.4. The molecule has 0 aliphatic rings. The van der Waals surface area contributed by atoms with Crippen molar-refractivity contribution in [3.05, 3.63) is 176 Å². The van der Waals surface area contributed by atoms with Crippen LogP contribution in [0.4, 0.5) is 17.1 Å². The fraction of sp³-hybridized carbons (Fsp3) is 0. The third-order valence-corrected chi connectivity index (χ3v) is 10.0. The van der Waals surface area contributed by atoms with E-state index in [-0.39, 0.29) is 0 Å². The van der Waals surface area contributed by atoms with Gasteiger partial charge in [0.25, 0.3) is 0 Å². The molecule has 0 aliphatic heterocycles. The van der Waals surface area contributed by atoms with Crippen LogP contribution in [-0.4, -0.2) is 19.9 Å². The van der Waals surface area contributed by atoms with Gasteiger partial charge in [0.15, 0.2) is 11.2 Å². The Morgan fingerprint density at radius 3 is 1.73 bits per heavy atom. The van der Waals surface area contributed by atoms with Crippen LogP contribution in [0.5, 0.6) is 0 Å². The van der Waals surface area contributed by atoms with Crippen molar-refractivity contribution in [3.8, 4) is 34.0 Å². The predicted molar refractivity (Wildman–Crippen MR) is 221 cm³/mol. The maximum atomic E-state index is 9.37. The van der Waals surface area contributed by atoms with E-state index in [0.29, 0.717) is 34.6 Å². The number of para-hydroxylation sites is 4. The van der Waals surface area contributed by atoms with E-state index in [4.69, 9.17) is 18.8 Å². The molecule has 0 unspecified atom stereocenters. The molecule has 0 aliphatic carbocycles. The van der Waals surface area contributed by atoms with E-state index in [2.05, 4.69) is 20.9 Å².